The molecule has 3 N–H and O–H groups in total. The zero-order chi connectivity index (χ0) is 12.7. The minimum atomic E-state index is -0.0971. The predicted octanol–water partition coefficient (Wildman–Crippen LogP) is 1.99. The molecule has 18 heavy (non-hydrogen) atoms. The fourth-order valence-electron chi connectivity index (χ4n) is 2.27. The average Bonchev–Trinajstić information content (AvgIpc) is 3.15. The summed E-state index contributed by atoms with van der Waals surface area (Å²) in [6.45, 7) is 2.61. The van der Waals surface area contributed by atoms with Crippen LogP contribution in [-0.2, 0) is 6.54 Å². The Hall–Kier alpha value is -1.97. The number of benzene rings is 1. The number of hydrogen-bond donors (Lipinski definition) is 2. The van der Waals surface area contributed by atoms with Gasteiger partial charge < -0.3 is 5.73 Å². The van der Waals surface area contributed by atoms with Gasteiger partial charge in [-0.3, -0.25) is 9.89 Å². The maximum atomic E-state index is 12.0. The minimum Gasteiger partial charge on any atom is -0.393 e. The number of anilines is 1. The van der Waals surface area contributed by atoms with Crippen LogP contribution in [0.25, 0.3) is 0 Å². The summed E-state index contributed by atoms with van der Waals surface area (Å²) >= 11 is 0. The van der Waals surface area contributed by atoms with Crippen molar-refractivity contribution in [3.8, 4) is 0 Å². The molecule has 0 saturated heterocycles. The molecule has 1 heterocycles. The van der Waals surface area contributed by atoms with Crippen LogP contribution in [0.2, 0.25) is 0 Å². The SMILES string of the molecule is Cc1ccccc1Cn1[nH]c(C2CC2)c(N)c1=O. The largest absolute Gasteiger partial charge is 0.393 e. The van der Waals surface area contributed by atoms with Crippen molar-refractivity contribution >= 4 is 5.69 Å². The van der Waals surface area contributed by atoms with E-state index in [2.05, 4.69) is 18.1 Å². The van der Waals surface area contributed by atoms with Crippen LogP contribution >= 0.6 is 0 Å². The zero-order valence-corrected chi connectivity index (χ0v) is 10.4. The van der Waals surface area contributed by atoms with Gasteiger partial charge >= 0.3 is 0 Å². The maximum absolute atomic E-state index is 12.0. The van der Waals surface area contributed by atoms with Crippen molar-refractivity contribution in [2.75, 3.05) is 5.73 Å². The highest BCUT2D eigenvalue weighted by atomic mass is 16.1. The van der Waals surface area contributed by atoms with Crippen molar-refractivity contribution in [3.63, 3.8) is 0 Å². The van der Waals surface area contributed by atoms with Crippen LogP contribution in [0.5, 0.6) is 0 Å². The first-order valence-corrected chi connectivity index (χ1v) is 6.29. The van der Waals surface area contributed by atoms with E-state index in [1.165, 1.54) is 5.56 Å². The maximum Gasteiger partial charge on any atom is 0.290 e. The van der Waals surface area contributed by atoms with Gasteiger partial charge in [0.1, 0.15) is 5.69 Å². The molecule has 4 nitrogen and oxygen atoms in total. The molecule has 0 amide bonds. The van der Waals surface area contributed by atoms with Crippen molar-refractivity contribution in [3.05, 3.63) is 51.4 Å². The summed E-state index contributed by atoms with van der Waals surface area (Å²) < 4.78 is 1.62. The lowest BCUT2D eigenvalue weighted by Crippen LogP contribution is -2.19. The van der Waals surface area contributed by atoms with E-state index in [0.717, 1.165) is 24.1 Å². The number of aromatic nitrogens is 2. The monoisotopic (exact) mass is 243 g/mol. The second-order valence-corrected chi connectivity index (χ2v) is 5.03. The van der Waals surface area contributed by atoms with E-state index in [-0.39, 0.29) is 5.56 Å². The Labute approximate surface area is 105 Å². The van der Waals surface area contributed by atoms with E-state index in [1.54, 1.807) is 4.68 Å². The van der Waals surface area contributed by atoms with E-state index >= 15 is 0 Å². The first kappa shape index (κ1) is 11.1. The summed E-state index contributed by atoms with van der Waals surface area (Å²) in [6.07, 6.45) is 2.27. The molecule has 0 atom stereocenters. The fraction of sp³-hybridized carbons (Fsp3) is 0.357. The van der Waals surface area contributed by atoms with E-state index in [0.29, 0.717) is 18.2 Å². The van der Waals surface area contributed by atoms with Crippen LogP contribution in [0.15, 0.2) is 29.1 Å². The Balaban J connectivity index is 1.96. The Morgan fingerprint density at radius 3 is 2.78 bits per heavy atom. The summed E-state index contributed by atoms with van der Waals surface area (Å²) in [7, 11) is 0. The molecule has 0 spiro atoms. The van der Waals surface area contributed by atoms with Gasteiger partial charge in [-0.15, -0.1) is 0 Å². The molecule has 0 unspecified atom stereocenters. The Morgan fingerprint density at radius 1 is 1.39 bits per heavy atom. The number of aryl methyl sites for hydroxylation is 1. The van der Waals surface area contributed by atoms with Gasteiger partial charge in [-0.2, -0.15) is 0 Å². The van der Waals surface area contributed by atoms with Gasteiger partial charge in [-0.25, -0.2) is 4.68 Å². The quantitative estimate of drug-likeness (QED) is 0.866. The summed E-state index contributed by atoms with van der Waals surface area (Å²) in [4.78, 5) is 12.0. The second-order valence-electron chi connectivity index (χ2n) is 5.03. The molecule has 1 aliphatic carbocycles. The Morgan fingerprint density at radius 2 is 2.11 bits per heavy atom. The summed E-state index contributed by atoms with van der Waals surface area (Å²) in [5, 5.41) is 3.17. The topological polar surface area (TPSA) is 63.8 Å². The number of H-pyrrole nitrogens is 1. The van der Waals surface area contributed by atoms with Crippen LogP contribution in [0.1, 0.15) is 35.6 Å². The van der Waals surface area contributed by atoms with Gasteiger partial charge in [0, 0.05) is 5.92 Å². The normalized spacial score (nSPS) is 14.9. The number of nitrogens with one attached hydrogen (secondary N) is 1. The van der Waals surface area contributed by atoms with Crippen LogP contribution in [-0.4, -0.2) is 9.78 Å². The molecule has 4 heteroatoms. The van der Waals surface area contributed by atoms with Crippen molar-refractivity contribution in [1.82, 2.24) is 9.78 Å². The standard InChI is InChI=1S/C14H17N3O/c1-9-4-2-3-5-11(9)8-17-14(18)12(15)13(16-17)10-6-7-10/h2-5,10,16H,6-8,15H2,1H3. The van der Waals surface area contributed by atoms with Crippen LogP contribution in [0.4, 0.5) is 5.69 Å². The molecule has 0 aliphatic heterocycles. The van der Waals surface area contributed by atoms with Crippen LogP contribution < -0.4 is 11.3 Å². The zero-order valence-electron chi connectivity index (χ0n) is 10.4. The predicted molar refractivity (Wildman–Crippen MR) is 71.7 cm³/mol. The van der Waals surface area contributed by atoms with E-state index in [1.807, 2.05) is 18.2 Å². The van der Waals surface area contributed by atoms with E-state index < -0.39 is 0 Å². The van der Waals surface area contributed by atoms with Gasteiger partial charge in [0.15, 0.2) is 0 Å². The lowest BCUT2D eigenvalue weighted by molar-refractivity contribution is 0.649. The second kappa shape index (κ2) is 4.05. The third kappa shape index (κ3) is 1.83. The fourth-order valence-corrected chi connectivity index (χ4v) is 2.27. The highest BCUT2D eigenvalue weighted by molar-refractivity contribution is 5.44. The smallest absolute Gasteiger partial charge is 0.290 e. The number of hydrogen-bond acceptors (Lipinski definition) is 2. The van der Waals surface area contributed by atoms with E-state index in [9.17, 15) is 4.79 Å². The molecule has 2 aromatic rings. The van der Waals surface area contributed by atoms with Gasteiger partial charge in [-0.05, 0) is 30.9 Å². The first-order chi connectivity index (χ1) is 8.66. The van der Waals surface area contributed by atoms with E-state index in [4.69, 9.17) is 5.73 Å². The van der Waals surface area contributed by atoms with Gasteiger partial charge in [0.2, 0.25) is 0 Å². The van der Waals surface area contributed by atoms with Crippen molar-refractivity contribution in [2.45, 2.75) is 32.2 Å². The molecule has 94 valence electrons. The molecule has 0 bridgehead atoms. The van der Waals surface area contributed by atoms with Gasteiger partial charge in [-0.1, -0.05) is 24.3 Å². The third-order valence-corrected chi connectivity index (χ3v) is 3.60. The lowest BCUT2D eigenvalue weighted by Gasteiger charge is -2.05. The molecule has 0 radical (unpaired) electrons. The molecular weight excluding hydrogens is 226 g/mol. The van der Waals surface area contributed by atoms with Crippen LogP contribution in [0.3, 0.4) is 0 Å². The summed E-state index contributed by atoms with van der Waals surface area (Å²) in [5.74, 6) is 0.468. The molecule has 1 saturated carbocycles. The first-order valence-electron chi connectivity index (χ1n) is 6.29. The average molecular weight is 243 g/mol. The number of nitrogens with zero attached hydrogens (tertiary/aromatic N) is 1. The van der Waals surface area contributed by atoms with Crippen LogP contribution in [0, 0.1) is 6.92 Å². The molecule has 1 aromatic heterocycles. The number of nitrogens with two attached hydrogens (primary N) is 1. The summed E-state index contributed by atoms with van der Waals surface area (Å²) in [6, 6.07) is 8.08. The number of rotatable bonds is 3. The van der Waals surface area contributed by atoms with Gasteiger partial charge in [0.25, 0.3) is 5.56 Å². The Kier molecular flexibility index (Phi) is 2.51. The molecule has 1 aliphatic rings. The van der Waals surface area contributed by atoms with Gasteiger partial charge in [0.05, 0.1) is 12.2 Å². The highest BCUT2D eigenvalue weighted by Crippen LogP contribution is 2.40. The highest BCUT2D eigenvalue weighted by Gasteiger charge is 2.29. The number of nitrogen functional groups attached to an aromatic ring is 1. The lowest BCUT2D eigenvalue weighted by atomic mass is 10.1. The molecule has 3 rings (SSSR count). The minimum absolute atomic E-state index is 0.0971. The number of aromatic amines is 1. The third-order valence-electron chi connectivity index (χ3n) is 3.60. The van der Waals surface area contributed by atoms with Crippen molar-refractivity contribution < 1.29 is 0 Å². The van der Waals surface area contributed by atoms with Crippen molar-refractivity contribution in [2.24, 2.45) is 0 Å². The Bertz CT molecular complexity index is 635. The molecule has 1 aromatic carbocycles. The van der Waals surface area contributed by atoms with Crippen molar-refractivity contribution in [1.29, 1.82) is 0 Å². The summed E-state index contributed by atoms with van der Waals surface area (Å²) in [5.41, 5.74) is 9.42. The molecule has 1 fully saturated rings. The molecular formula is C14H17N3O.